The van der Waals surface area contributed by atoms with Crippen molar-refractivity contribution in [1.29, 1.82) is 0 Å². The van der Waals surface area contributed by atoms with Gasteiger partial charge in [0.15, 0.2) is 9.84 Å². The van der Waals surface area contributed by atoms with E-state index in [1.807, 2.05) is 0 Å². The third-order valence-corrected chi connectivity index (χ3v) is 5.51. The van der Waals surface area contributed by atoms with E-state index in [1.165, 1.54) is 43.6 Å². The minimum absolute atomic E-state index is 0.0462. The Kier molecular flexibility index (Phi) is 5.64. The number of hydrogen-bond acceptors (Lipinski definition) is 6. The predicted octanol–water partition coefficient (Wildman–Crippen LogP) is 1.45. The number of nitrogens with one attached hydrogen (secondary N) is 3. The number of anilines is 2. The van der Waals surface area contributed by atoms with Crippen LogP contribution >= 0.6 is 0 Å². The summed E-state index contributed by atoms with van der Waals surface area (Å²) < 4.78 is 24.0. The van der Waals surface area contributed by atoms with Gasteiger partial charge in [-0.05, 0) is 25.0 Å². The van der Waals surface area contributed by atoms with Crippen LogP contribution in [0.5, 0.6) is 0 Å². The Balaban J connectivity index is 1.95. The maximum atomic E-state index is 12.8. The average molecular weight is 416 g/mol. The molecule has 3 amide bonds. The fraction of sp³-hybridized carbons (Fsp3) is 0.263. The van der Waals surface area contributed by atoms with E-state index in [4.69, 9.17) is 0 Å². The lowest BCUT2D eigenvalue weighted by atomic mass is 10.1. The number of hydrogen-bond donors (Lipinski definition) is 3. The van der Waals surface area contributed by atoms with Crippen molar-refractivity contribution in [3.05, 3.63) is 47.7 Å². The quantitative estimate of drug-likeness (QED) is 0.652. The van der Waals surface area contributed by atoms with Gasteiger partial charge in [0.05, 0.1) is 21.7 Å². The zero-order valence-corrected chi connectivity index (χ0v) is 16.7. The van der Waals surface area contributed by atoms with E-state index in [1.54, 1.807) is 0 Å². The molecule has 1 aromatic heterocycles. The number of rotatable bonds is 6. The van der Waals surface area contributed by atoms with Crippen LogP contribution in [0, 0.1) is 5.92 Å². The predicted molar refractivity (Wildman–Crippen MR) is 106 cm³/mol. The van der Waals surface area contributed by atoms with Crippen LogP contribution in [-0.4, -0.2) is 44.4 Å². The van der Waals surface area contributed by atoms with E-state index >= 15 is 0 Å². The molecule has 0 radical (unpaired) electrons. The summed E-state index contributed by atoms with van der Waals surface area (Å²) in [4.78, 5) is 40.8. The first-order chi connectivity index (χ1) is 13.7. The zero-order chi connectivity index (χ0) is 21.2. The molecule has 152 valence electrons. The second kappa shape index (κ2) is 8.00. The van der Waals surface area contributed by atoms with Crippen molar-refractivity contribution in [2.75, 3.05) is 23.9 Å². The molecule has 0 saturated heterocycles. The highest BCUT2D eigenvalue weighted by molar-refractivity contribution is 7.90. The van der Waals surface area contributed by atoms with Crippen molar-refractivity contribution in [3.8, 4) is 0 Å². The Morgan fingerprint density at radius 1 is 1.03 bits per heavy atom. The summed E-state index contributed by atoms with van der Waals surface area (Å²) in [6.45, 7) is 0. The number of amides is 3. The van der Waals surface area contributed by atoms with E-state index in [0.29, 0.717) is 0 Å². The summed E-state index contributed by atoms with van der Waals surface area (Å²) in [5.41, 5.74) is 0.110. The molecule has 3 N–H and O–H groups in total. The zero-order valence-electron chi connectivity index (χ0n) is 15.9. The van der Waals surface area contributed by atoms with Crippen molar-refractivity contribution in [3.63, 3.8) is 0 Å². The molecular weight excluding hydrogens is 396 g/mol. The number of nitrogens with zero attached hydrogens (tertiary/aromatic N) is 1. The topological polar surface area (TPSA) is 134 Å². The van der Waals surface area contributed by atoms with Crippen LogP contribution in [-0.2, 0) is 14.6 Å². The molecule has 0 aliphatic heterocycles. The molecule has 3 rings (SSSR count). The van der Waals surface area contributed by atoms with Crippen LogP contribution in [0.25, 0.3) is 0 Å². The second-order valence-electron chi connectivity index (χ2n) is 6.68. The van der Waals surface area contributed by atoms with Gasteiger partial charge in [-0.1, -0.05) is 12.1 Å². The SMILES string of the molecule is CNC(=O)c1cnc(NC(=O)C2CC2)cc1NC(=O)c1ccccc1S(C)(=O)=O. The Labute approximate surface area is 167 Å². The van der Waals surface area contributed by atoms with Gasteiger partial charge in [0.2, 0.25) is 5.91 Å². The van der Waals surface area contributed by atoms with Gasteiger partial charge in [-0.25, -0.2) is 13.4 Å². The number of pyridine rings is 1. The molecule has 1 fully saturated rings. The standard InChI is InChI=1S/C19H20N4O5S/c1-20-18(25)13-10-21-16(23-17(24)11-7-8-11)9-14(13)22-19(26)12-5-3-4-6-15(12)29(2,27)28/h3-6,9-11H,7-8H2,1-2H3,(H,20,25)(H2,21,22,23,24,26). The molecule has 1 aromatic carbocycles. The molecule has 9 nitrogen and oxygen atoms in total. The Hall–Kier alpha value is -3.27. The van der Waals surface area contributed by atoms with Crippen molar-refractivity contribution in [1.82, 2.24) is 10.3 Å². The summed E-state index contributed by atoms with van der Waals surface area (Å²) in [7, 11) is -2.21. The number of benzene rings is 1. The molecule has 1 aliphatic rings. The molecule has 10 heteroatoms. The van der Waals surface area contributed by atoms with Crippen molar-refractivity contribution < 1.29 is 22.8 Å². The van der Waals surface area contributed by atoms with Gasteiger partial charge in [0.1, 0.15) is 5.82 Å². The maximum absolute atomic E-state index is 12.8. The van der Waals surface area contributed by atoms with Gasteiger partial charge in [0, 0.05) is 31.5 Å². The molecule has 0 bridgehead atoms. The van der Waals surface area contributed by atoms with Crippen LogP contribution < -0.4 is 16.0 Å². The van der Waals surface area contributed by atoms with E-state index in [9.17, 15) is 22.8 Å². The molecule has 1 saturated carbocycles. The van der Waals surface area contributed by atoms with Crippen LogP contribution in [0.3, 0.4) is 0 Å². The van der Waals surface area contributed by atoms with Crippen molar-refractivity contribution in [2.24, 2.45) is 5.92 Å². The van der Waals surface area contributed by atoms with Crippen LogP contribution in [0.1, 0.15) is 33.6 Å². The van der Waals surface area contributed by atoms with Crippen LogP contribution in [0.15, 0.2) is 41.4 Å². The minimum atomic E-state index is -3.64. The summed E-state index contributed by atoms with van der Waals surface area (Å²) in [5.74, 6) is -1.24. The lowest BCUT2D eigenvalue weighted by Crippen LogP contribution is -2.23. The van der Waals surface area contributed by atoms with Gasteiger partial charge in [0.25, 0.3) is 11.8 Å². The van der Waals surface area contributed by atoms with Gasteiger partial charge in [-0.2, -0.15) is 0 Å². The lowest BCUT2D eigenvalue weighted by molar-refractivity contribution is -0.117. The normalized spacial score (nSPS) is 13.4. The molecule has 1 heterocycles. The third-order valence-electron chi connectivity index (χ3n) is 4.35. The van der Waals surface area contributed by atoms with Crippen molar-refractivity contribution >= 4 is 39.1 Å². The number of carbonyl (C=O) groups excluding carboxylic acids is 3. The van der Waals surface area contributed by atoms with E-state index in [2.05, 4.69) is 20.9 Å². The highest BCUT2D eigenvalue weighted by Gasteiger charge is 2.30. The summed E-state index contributed by atoms with van der Waals surface area (Å²) in [6, 6.07) is 7.13. The number of sulfone groups is 1. The maximum Gasteiger partial charge on any atom is 0.257 e. The van der Waals surface area contributed by atoms with Gasteiger partial charge >= 0.3 is 0 Å². The summed E-state index contributed by atoms with van der Waals surface area (Å²) >= 11 is 0. The van der Waals surface area contributed by atoms with Gasteiger partial charge < -0.3 is 16.0 Å². The van der Waals surface area contributed by atoms with Crippen LogP contribution in [0.2, 0.25) is 0 Å². The largest absolute Gasteiger partial charge is 0.355 e. The fourth-order valence-corrected chi connectivity index (χ4v) is 3.57. The Bertz CT molecular complexity index is 1090. The number of aromatic nitrogens is 1. The smallest absolute Gasteiger partial charge is 0.257 e. The van der Waals surface area contributed by atoms with Gasteiger partial charge in [-0.15, -0.1) is 0 Å². The summed E-state index contributed by atoms with van der Waals surface area (Å²) in [5, 5.41) is 7.65. The Morgan fingerprint density at radius 3 is 2.34 bits per heavy atom. The number of carbonyl (C=O) groups is 3. The molecular formula is C19H20N4O5S. The summed E-state index contributed by atoms with van der Waals surface area (Å²) in [6.07, 6.45) is 3.87. The fourth-order valence-electron chi connectivity index (χ4n) is 2.68. The van der Waals surface area contributed by atoms with E-state index in [0.717, 1.165) is 19.1 Å². The minimum Gasteiger partial charge on any atom is -0.355 e. The first-order valence-corrected chi connectivity index (χ1v) is 10.7. The molecule has 1 aliphatic carbocycles. The second-order valence-corrected chi connectivity index (χ2v) is 8.66. The third kappa shape index (κ3) is 4.77. The first kappa shape index (κ1) is 20.5. The first-order valence-electron chi connectivity index (χ1n) is 8.84. The monoisotopic (exact) mass is 416 g/mol. The van der Waals surface area contributed by atoms with E-state index < -0.39 is 21.7 Å². The van der Waals surface area contributed by atoms with Gasteiger partial charge in [-0.3, -0.25) is 14.4 Å². The molecule has 29 heavy (non-hydrogen) atoms. The molecule has 0 unspecified atom stereocenters. The van der Waals surface area contributed by atoms with Crippen LogP contribution in [0.4, 0.5) is 11.5 Å². The van der Waals surface area contributed by atoms with E-state index in [-0.39, 0.29) is 39.4 Å². The molecule has 2 aromatic rings. The molecule has 0 atom stereocenters. The lowest BCUT2D eigenvalue weighted by Gasteiger charge is -2.13. The highest BCUT2D eigenvalue weighted by Crippen LogP contribution is 2.30. The highest BCUT2D eigenvalue weighted by atomic mass is 32.2. The average Bonchev–Trinajstić information content (AvgIpc) is 3.52. The molecule has 0 spiro atoms. The van der Waals surface area contributed by atoms with Crippen molar-refractivity contribution in [2.45, 2.75) is 17.7 Å². The Morgan fingerprint density at radius 2 is 1.72 bits per heavy atom.